The van der Waals surface area contributed by atoms with Gasteiger partial charge in [-0.3, -0.25) is 0 Å². The standard InChI is InChI=1S/C17H24F2N2/c18-14-7-8-16(19)17(10-14)21-9-3-6-15(12-21)20-11-13-4-1-2-5-13/h7-8,10,13,15,20H,1-6,9,11-12H2. The second-order valence-corrected chi connectivity index (χ2v) is 6.44. The highest BCUT2D eigenvalue weighted by molar-refractivity contribution is 5.48. The molecule has 1 unspecified atom stereocenters. The Morgan fingerprint density at radius 2 is 1.90 bits per heavy atom. The Balaban J connectivity index is 1.58. The third kappa shape index (κ3) is 3.73. The van der Waals surface area contributed by atoms with E-state index in [1.165, 1.54) is 43.9 Å². The first-order chi connectivity index (χ1) is 10.2. The summed E-state index contributed by atoms with van der Waals surface area (Å²) in [4.78, 5) is 1.98. The van der Waals surface area contributed by atoms with E-state index in [0.717, 1.165) is 38.4 Å². The maximum Gasteiger partial charge on any atom is 0.146 e. The van der Waals surface area contributed by atoms with Gasteiger partial charge in [0, 0.05) is 25.2 Å². The summed E-state index contributed by atoms with van der Waals surface area (Å²) in [5.41, 5.74) is 0.405. The third-order valence-electron chi connectivity index (χ3n) is 4.84. The molecule has 3 rings (SSSR count). The fourth-order valence-corrected chi connectivity index (χ4v) is 3.64. The summed E-state index contributed by atoms with van der Waals surface area (Å²) in [5, 5.41) is 3.64. The third-order valence-corrected chi connectivity index (χ3v) is 4.84. The summed E-state index contributed by atoms with van der Waals surface area (Å²) in [6, 6.07) is 4.11. The topological polar surface area (TPSA) is 15.3 Å². The summed E-state index contributed by atoms with van der Waals surface area (Å²) < 4.78 is 27.2. The number of hydrogen-bond acceptors (Lipinski definition) is 2. The fraction of sp³-hybridized carbons (Fsp3) is 0.647. The van der Waals surface area contributed by atoms with Crippen LogP contribution < -0.4 is 10.2 Å². The molecule has 1 atom stereocenters. The molecule has 21 heavy (non-hydrogen) atoms. The van der Waals surface area contributed by atoms with Gasteiger partial charge < -0.3 is 10.2 Å². The molecule has 1 N–H and O–H groups in total. The quantitative estimate of drug-likeness (QED) is 0.910. The van der Waals surface area contributed by atoms with E-state index in [0.29, 0.717) is 11.7 Å². The highest BCUT2D eigenvalue weighted by atomic mass is 19.1. The lowest BCUT2D eigenvalue weighted by atomic mass is 10.0. The Hall–Kier alpha value is -1.16. The number of hydrogen-bond donors (Lipinski definition) is 1. The summed E-state index contributed by atoms with van der Waals surface area (Å²) in [6.07, 6.45) is 7.54. The van der Waals surface area contributed by atoms with E-state index >= 15 is 0 Å². The van der Waals surface area contributed by atoms with E-state index in [2.05, 4.69) is 5.32 Å². The van der Waals surface area contributed by atoms with Gasteiger partial charge in [0.25, 0.3) is 0 Å². The molecule has 1 saturated heterocycles. The molecule has 1 aromatic carbocycles. The van der Waals surface area contributed by atoms with Crippen LogP contribution in [0, 0.1) is 17.6 Å². The summed E-state index contributed by atoms with van der Waals surface area (Å²) in [6.45, 7) is 2.65. The molecule has 2 fully saturated rings. The molecule has 0 spiro atoms. The predicted molar refractivity (Wildman–Crippen MR) is 81.6 cm³/mol. The SMILES string of the molecule is Fc1ccc(F)c(N2CCCC(NCC3CCCC3)C2)c1. The van der Waals surface area contributed by atoms with E-state index in [9.17, 15) is 8.78 Å². The normalized spacial score (nSPS) is 23.7. The summed E-state index contributed by atoms with van der Waals surface area (Å²) in [7, 11) is 0. The molecule has 1 aliphatic carbocycles. The Morgan fingerprint density at radius 3 is 2.71 bits per heavy atom. The van der Waals surface area contributed by atoms with Gasteiger partial charge >= 0.3 is 0 Å². The average molecular weight is 294 g/mol. The first-order valence-corrected chi connectivity index (χ1v) is 8.16. The van der Waals surface area contributed by atoms with Crippen molar-refractivity contribution in [2.75, 3.05) is 24.5 Å². The number of benzene rings is 1. The van der Waals surface area contributed by atoms with Crippen LogP contribution in [0.4, 0.5) is 14.5 Å². The van der Waals surface area contributed by atoms with Crippen molar-refractivity contribution in [3.05, 3.63) is 29.8 Å². The molecule has 0 radical (unpaired) electrons. The monoisotopic (exact) mass is 294 g/mol. The van der Waals surface area contributed by atoms with Crippen LogP contribution in [0.3, 0.4) is 0 Å². The van der Waals surface area contributed by atoms with E-state index in [1.54, 1.807) is 0 Å². The molecule has 0 bridgehead atoms. The van der Waals surface area contributed by atoms with Gasteiger partial charge in [-0.15, -0.1) is 0 Å². The molecule has 2 aliphatic rings. The van der Waals surface area contributed by atoms with Crippen LogP contribution >= 0.6 is 0 Å². The van der Waals surface area contributed by atoms with Crippen LogP contribution in [0.5, 0.6) is 0 Å². The molecule has 1 saturated carbocycles. The number of piperidine rings is 1. The van der Waals surface area contributed by atoms with Gasteiger partial charge in [-0.1, -0.05) is 12.8 Å². The van der Waals surface area contributed by atoms with Crippen LogP contribution in [0.25, 0.3) is 0 Å². The zero-order valence-electron chi connectivity index (χ0n) is 12.5. The summed E-state index contributed by atoms with van der Waals surface area (Å²) in [5.74, 6) is 0.117. The van der Waals surface area contributed by atoms with Crippen molar-refractivity contribution in [3.8, 4) is 0 Å². The van der Waals surface area contributed by atoms with Crippen molar-refractivity contribution < 1.29 is 8.78 Å². The second kappa shape index (κ2) is 6.73. The lowest BCUT2D eigenvalue weighted by Crippen LogP contribution is -2.47. The van der Waals surface area contributed by atoms with E-state index in [4.69, 9.17) is 0 Å². The highest BCUT2D eigenvalue weighted by Gasteiger charge is 2.23. The smallest absolute Gasteiger partial charge is 0.146 e. The van der Waals surface area contributed by atoms with Crippen molar-refractivity contribution in [2.24, 2.45) is 5.92 Å². The molecular weight excluding hydrogens is 270 g/mol. The molecule has 116 valence electrons. The Morgan fingerprint density at radius 1 is 1.10 bits per heavy atom. The molecular formula is C17H24F2N2. The van der Waals surface area contributed by atoms with Crippen molar-refractivity contribution in [1.29, 1.82) is 0 Å². The molecule has 1 aromatic rings. The Labute approximate surface area is 125 Å². The van der Waals surface area contributed by atoms with E-state index in [-0.39, 0.29) is 11.6 Å². The first-order valence-electron chi connectivity index (χ1n) is 8.16. The van der Waals surface area contributed by atoms with Gasteiger partial charge in [0.15, 0.2) is 0 Å². The van der Waals surface area contributed by atoms with Crippen LogP contribution in [0.15, 0.2) is 18.2 Å². The number of anilines is 1. The second-order valence-electron chi connectivity index (χ2n) is 6.44. The van der Waals surface area contributed by atoms with E-state index in [1.807, 2.05) is 4.90 Å². The van der Waals surface area contributed by atoms with Gasteiger partial charge in [-0.05, 0) is 50.3 Å². The number of nitrogens with zero attached hydrogens (tertiary/aromatic N) is 1. The van der Waals surface area contributed by atoms with Crippen LogP contribution in [-0.2, 0) is 0 Å². The summed E-state index contributed by atoms with van der Waals surface area (Å²) >= 11 is 0. The Bertz CT molecular complexity index is 472. The minimum Gasteiger partial charge on any atom is -0.368 e. The molecule has 4 heteroatoms. The van der Waals surface area contributed by atoms with Crippen molar-refractivity contribution in [3.63, 3.8) is 0 Å². The van der Waals surface area contributed by atoms with Gasteiger partial charge in [0.05, 0.1) is 5.69 Å². The molecule has 1 aliphatic heterocycles. The van der Waals surface area contributed by atoms with Crippen molar-refractivity contribution in [1.82, 2.24) is 5.32 Å². The largest absolute Gasteiger partial charge is 0.368 e. The molecule has 0 aromatic heterocycles. The van der Waals surface area contributed by atoms with E-state index < -0.39 is 0 Å². The van der Waals surface area contributed by atoms with Gasteiger partial charge in [0.1, 0.15) is 11.6 Å². The minimum absolute atomic E-state index is 0.326. The van der Waals surface area contributed by atoms with Crippen LogP contribution in [0.2, 0.25) is 0 Å². The number of halogens is 2. The molecule has 2 nitrogen and oxygen atoms in total. The highest BCUT2D eigenvalue weighted by Crippen LogP contribution is 2.26. The van der Waals surface area contributed by atoms with Gasteiger partial charge in [-0.2, -0.15) is 0 Å². The molecule has 1 heterocycles. The van der Waals surface area contributed by atoms with Crippen molar-refractivity contribution in [2.45, 2.75) is 44.6 Å². The van der Waals surface area contributed by atoms with Crippen LogP contribution in [-0.4, -0.2) is 25.7 Å². The fourth-order valence-electron chi connectivity index (χ4n) is 3.64. The zero-order valence-corrected chi connectivity index (χ0v) is 12.5. The number of nitrogens with one attached hydrogen (secondary N) is 1. The maximum atomic E-state index is 13.9. The van der Waals surface area contributed by atoms with Crippen molar-refractivity contribution >= 4 is 5.69 Å². The zero-order chi connectivity index (χ0) is 14.7. The van der Waals surface area contributed by atoms with Gasteiger partial charge in [-0.25, -0.2) is 8.78 Å². The average Bonchev–Trinajstić information content (AvgIpc) is 3.01. The van der Waals surface area contributed by atoms with Crippen LogP contribution in [0.1, 0.15) is 38.5 Å². The number of rotatable bonds is 4. The maximum absolute atomic E-state index is 13.9. The molecule has 0 amide bonds. The first kappa shape index (κ1) is 14.8. The van der Waals surface area contributed by atoms with Gasteiger partial charge in [0.2, 0.25) is 0 Å². The lowest BCUT2D eigenvalue weighted by Gasteiger charge is -2.35. The lowest BCUT2D eigenvalue weighted by molar-refractivity contribution is 0.381. The minimum atomic E-state index is -0.368. The predicted octanol–water partition coefficient (Wildman–Crippen LogP) is 3.71. The Kier molecular flexibility index (Phi) is 4.73.